The molecule has 25 heavy (non-hydrogen) atoms. The van der Waals surface area contributed by atoms with Crippen LogP contribution in [0.15, 0.2) is 36.0 Å². The van der Waals surface area contributed by atoms with Gasteiger partial charge in [-0.25, -0.2) is 0 Å². The largest absolute Gasteiger partial charge is 0.416 e. The van der Waals surface area contributed by atoms with Crippen molar-refractivity contribution in [2.45, 2.75) is 37.4 Å². The fourth-order valence-electron chi connectivity index (χ4n) is 3.04. The molecule has 0 aliphatic heterocycles. The molecule has 0 saturated heterocycles. The Morgan fingerprint density at radius 3 is 2.12 bits per heavy atom. The summed E-state index contributed by atoms with van der Waals surface area (Å²) in [7, 11) is 0. The normalized spacial score (nSPS) is 17.2. The monoisotopic (exact) mass is 356 g/mol. The highest BCUT2D eigenvalue weighted by molar-refractivity contribution is 6.00. The van der Waals surface area contributed by atoms with Crippen LogP contribution in [-0.4, -0.2) is 11.8 Å². The zero-order valence-electron chi connectivity index (χ0n) is 13.3. The van der Waals surface area contributed by atoms with E-state index in [-0.39, 0.29) is 5.70 Å². The van der Waals surface area contributed by atoms with Crippen LogP contribution in [0.1, 0.15) is 36.8 Å². The molecule has 1 aliphatic carbocycles. The molecule has 1 aliphatic rings. The molecule has 0 unspecified atom stereocenters. The Labute approximate surface area is 142 Å². The van der Waals surface area contributed by atoms with Crippen LogP contribution in [0.3, 0.4) is 0 Å². The number of carbonyl (C=O) groups is 2. The van der Waals surface area contributed by atoms with Crippen molar-refractivity contribution in [2.24, 2.45) is 11.6 Å². The van der Waals surface area contributed by atoms with Gasteiger partial charge < -0.3 is 16.5 Å². The Kier molecular flexibility index (Phi) is 5.36. The Hall–Kier alpha value is -2.55. The first-order valence-corrected chi connectivity index (χ1v) is 7.66. The third kappa shape index (κ3) is 4.30. The summed E-state index contributed by atoms with van der Waals surface area (Å²) >= 11 is 0. The van der Waals surface area contributed by atoms with E-state index in [1.54, 1.807) is 0 Å². The van der Waals surface area contributed by atoms with E-state index in [1.165, 1.54) is 12.1 Å². The van der Waals surface area contributed by atoms with Crippen LogP contribution in [0.2, 0.25) is 0 Å². The second-order valence-corrected chi connectivity index (χ2v) is 5.92. The maximum absolute atomic E-state index is 12.7. The van der Waals surface area contributed by atoms with Crippen molar-refractivity contribution in [2.75, 3.05) is 0 Å². The van der Waals surface area contributed by atoms with E-state index >= 15 is 0 Å². The third-order valence-corrected chi connectivity index (χ3v) is 4.26. The maximum atomic E-state index is 12.7. The predicted molar refractivity (Wildman–Crippen MR) is 84.3 cm³/mol. The molecule has 0 spiro atoms. The molecule has 1 fully saturated rings. The Balaban J connectivity index is 2.30. The molecule has 2 rings (SSSR count). The molecule has 0 atom stereocenters. The van der Waals surface area contributed by atoms with Crippen LogP contribution in [0, 0.1) is 0 Å². The zero-order chi connectivity index (χ0) is 18.7. The SMILES string of the molecule is NN/C(=C\C(N)=O)C(=O)NC1(c2ccc(C(F)(F)F)cc2)CCCC1. The topological polar surface area (TPSA) is 110 Å². The molecule has 6 nitrogen and oxygen atoms in total. The van der Waals surface area contributed by atoms with Gasteiger partial charge in [0.1, 0.15) is 5.70 Å². The molecule has 1 aromatic carbocycles. The number of hydrazine groups is 1. The molecular formula is C16H19F3N4O2. The average Bonchev–Trinajstić information content (AvgIpc) is 3.01. The van der Waals surface area contributed by atoms with Crippen LogP contribution in [0.5, 0.6) is 0 Å². The van der Waals surface area contributed by atoms with Crippen LogP contribution in [-0.2, 0) is 21.3 Å². The van der Waals surface area contributed by atoms with Gasteiger partial charge in [0.15, 0.2) is 0 Å². The van der Waals surface area contributed by atoms with E-state index in [1.807, 2.05) is 0 Å². The zero-order valence-corrected chi connectivity index (χ0v) is 13.3. The van der Waals surface area contributed by atoms with Crippen molar-refractivity contribution in [1.82, 2.24) is 10.7 Å². The lowest BCUT2D eigenvalue weighted by Crippen LogP contribution is -2.47. The van der Waals surface area contributed by atoms with Crippen LogP contribution in [0.4, 0.5) is 13.2 Å². The number of nitrogens with one attached hydrogen (secondary N) is 2. The standard InChI is InChI=1S/C16H19F3N4O2/c17-16(18,19)11-5-3-10(4-6-11)15(7-1-2-8-15)22-14(25)12(23-21)9-13(20)24/h3-6,9,23H,1-2,7-8,21H2,(H2,20,24)(H,22,25)/b12-9-. The molecule has 0 aromatic heterocycles. The lowest BCUT2D eigenvalue weighted by molar-refractivity contribution is -0.137. The van der Waals surface area contributed by atoms with Gasteiger partial charge in [-0.05, 0) is 30.5 Å². The van der Waals surface area contributed by atoms with Gasteiger partial charge in [0, 0.05) is 6.08 Å². The molecule has 6 N–H and O–H groups in total. The summed E-state index contributed by atoms with van der Waals surface area (Å²) in [5.41, 5.74) is 5.91. The summed E-state index contributed by atoms with van der Waals surface area (Å²) in [6.07, 6.45) is -0.814. The molecule has 1 aromatic rings. The summed E-state index contributed by atoms with van der Waals surface area (Å²) in [5, 5.41) is 2.78. The smallest absolute Gasteiger partial charge is 0.366 e. The molecule has 136 valence electrons. The number of halogens is 3. The van der Waals surface area contributed by atoms with Crippen molar-refractivity contribution >= 4 is 11.8 Å². The number of hydrogen-bond acceptors (Lipinski definition) is 4. The number of carbonyl (C=O) groups excluding carboxylic acids is 2. The molecule has 1 saturated carbocycles. The Morgan fingerprint density at radius 2 is 1.68 bits per heavy atom. The highest BCUT2D eigenvalue weighted by Gasteiger charge is 2.38. The number of benzene rings is 1. The van der Waals surface area contributed by atoms with Gasteiger partial charge in [0.2, 0.25) is 5.91 Å². The van der Waals surface area contributed by atoms with E-state index in [4.69, 9.17) is 11.6 Å². The third-order valence-electron chi connectivity index (χ3n) is 4.26. The number of nitrogens with two attached hydrogens (primary N) is 2. The molecular weight excluding hydrogens is 337 g/mol. The Morgan fingerprint density at radius 1 is 1.12 bits per heavy atom. The molecule has 0 heterocycles. The average molecular weight is 356 g/mol. The van der Waals surface area contributed by atoms with Gasteiger partial charge in [-0.15, -0.1) is 0 Å². The molecule has 2 amide bonds. The number of primary amides is 1. The number of alkyl halides is 3. The second kappa shape index (κ2) is 7.14. The summed E-state index contributed by atoms with van der Waals surface area (Å²) in [6.45, 7) is 0. The first-order valence-electron chi connectivity index (χ1n) is 7.66. The summed E-state index contributed by atoms with van der Waals surface area (Å²) < 4.78 is 38.2. The van der Waals surface area contributed by atoms with Crippen LogP contribution < -0.4 is 22.3 Å². The lowest BCUT2D eigenvalue weighted by Gasteiger charge is -2.31. The molecule has 0 bridgehead atoms. The van der Waals surface area contributed by atoms with Gasteiger partial charge in [0.25, 0.3) is 5.91 Å². The van der Waals surface area contributed by atoms with Crippen LogP contribution in [0.25, 0.3) is 0 Å². The highest BCUT2D eigenvalue weighted by atomic mass is 19.4. The molecule has 0 radical (unpaired) electrons. The summed E-state index contributed by atoms with van der Waals surface area (Å²) in [4.78, 5) is 23.3. The van der Waals surface area contributed by atoms with E-state index in [0.29, 0.717) is 18.4 Å². The van der Waals surface area contributed by atoms with Gasteiger partial charge in [-0.1, -0.05) is 25.0 Å². The first kappa shape index (κ1) is 18.8. The number of rotatable bonds is 5. The van der Waals surface area contributed by atoms with Gasteiger partial charge in [-0.3, -0.25) is 15.4 Å². The quantitative estimate of drug-likeness (QED) is 0.363. The van der Waals surface area contributed by atoms with E-state index in [2.05, 4.69) is 10.7 Å². The second-order valence-electron chi connectivity index (χ2n) is 5.92. The van der Waals surface area contributed by atoms with Crippen molar-refractivity contribution in [3.63, 3.8) is 0 Å². The van der Waals surface area contributed by atoms with Gasteiger partial charge in [-0.2, -0.15) is 13.2 Å². The van der Waals surface area contributed by atoms with Gasteiger partial charge >= 0.3 is 6.18 Å². The fraction of sp³-hybridized carbons (Fsp3) is 0.375. The minimum Gasteiger partial charge on any atom is -0.366 e. The van der Waals surface area contributed by atoms with E-state index in [0.717, 1.165) is 31.1 Å². The van der Waals surface area contributed by atoms with Crippen molar-refractivity contribution in [3.05, 3.63) is 47.2 Å². The first-order chi connectivity index (χ1) is 11.7. The Bertz CT molecular complexity index is 678. The summed E-state index contributed by atoms with van der Waals surface area (Å²) in [6, 6.07) is 4.70. The number of amides is 2. The maximum Gasteiger partial charge on any atom is 0.416 e. The minimum atomic E-state index is -4.43. The number of hydrogen-bond donors (Lipinski definition) is 4. The highest BCUT2D eigenvalue weighted by Crippen LogP contribution is 2.40. The molecule has 9 heteroatoms. The van der Waals surface area contributed by atoms with Crippen molar-refractivity contribution < 1.29 is 22.8 Å². The van der Waals surface area contributed by atoms with E-state index in [9.17, 15) is 22.8 Å². The van der Waals surface area contributed by atoms with Gasteiger partial charge in [0.05, 0.1) is 11.1 Å². The van der Waals surface area contributed by atoms with Crippen molar-refractivity contribution in [3.8, 4) is 0 Å². The predicted octanol–water partition coefficient (Wildman–Crippen LogP) is 1.42. The van der Waals surface area contributed by atoms with Crippen LogP contribution >= 0.6 is 0 Å². The van der Waals surface area contributed by atoms with E-state index < -0.39 is 29.1 Å². The minimum absolute atomic E-state index is 0.217. The lowest BCUT2D eigenvalue weighted by atomic mass is 9.87. The fourth-order valence-corrected chi connectivity index (χ4v) is 3.04. The summed E-state index contributed by atoms with van der Waals surface area (Å²) in [5.74, 6) is 3.73. The van der Waals surface area contributed by atoms with Crippen molar-refractivity contribution in [1.29, 1.82) is 0 Å².